The van der Waals surface area contributed by atoms with E-state index in [0.29, 0.717) is 12.1 Å². The summed E-state index contributed by atoms with van der Waals surface area (Å²) in [5.74, 6) is 0. The van der Waals surface area contributed by atoms with Gasteiger partial charge >= 0.3 is 18.4 Å². The minimum Gasteiger partial charge on any atom is -0.438 e. The molecule has 3 nitrogen and oxygen atoms in total. The zero-order valence-corrected chi connectivity index (χ0v) is 11.7. The van der Waals surface area contributed by atoms with Crippen LogP contribution in [-0.2, 0) is 17.1 Å². The van der Waals surface area contributed by atoms with Gasteiger partial charge in [-0.3, -0.25) is 0 Å². The number of amides is 1. The monoisotopic (exact) mass is 339 g/mol. The minimum absolute atomic E-state index is 0.0128. The third-order valence-corrected chi connectivity index (χ3v) is 3.48. The summed E-state index contributed by atoms with van der Waals surface area (Å²) in [5.41, 5.74) is -4.70. The predicted molar refractivity (Wildman–Crippen MR) is 67.4 cm³/mol. The van der Waals surface area contributed by atoms with E-state index in [9.17, 15) is 31.1 Å². The van der Waals surface area contributed by atoms with Crippen LogP contribution in [0.1, 0.15) is 29.7 Å². The molecule has 2 unspecified atom stereocenters. The van der Waals surface area contributed by atoms with Crippen molar-refractivity contribution in [3.63, 3.8) is 0 Å². The third-order valence-electron chi connectivity index (χ3n) is 3.48. The first-order valence-electron chi connectivity index (χ1n) is 6.28. The SMILES string of the molecule is C=CC1(C)NC(=O)OC1c1cc(C(F)(F)F)cc(C(F)(F)F)c1. The molecule has 0 aromatic heterocycles. The van der Waals surface area contributed by atoms with Gasteiger partial charge in [0.2, 0.25) is 0 Å². The summed E-state index contributed by atoms with van der Waals surface area (Å²) >= 11 is 0. The van der Waals surface area contributed by atoms with Gasteiger partial charge in [-0.2, -0.15) is 26.3 Å². The highest BCUT2D eigenvalue weighted by molar-refractivity contribution is 5.72. The molecule has 0 saturated carbocycles. The normalized spacial score (nSPS) is 25.0. The smallest absolute Gasteiger partial charge is 0.416 e. The summed E-state index contributed by atoms with van der Waals surface area (Å²) in [4.78, 5) is 11.3. The molecule has 23 heavy (non-hydrogen) atoms. The van der Waals surface area contributed by atoms with Crippen molar-refractivity contribution < 1.29 is 35.9 Å². The van der Waals surface area contributed by atoms with E-state index in [4.69, 9.17) is 4.74 Å². The average Bonchev–Trinajstić information content (AvgIpc) is 2.72. The molecule has 2 rings (SSSR count). The quantitative estimate of drug-likeness (QED) is 0.639. The molecule has 1 aromatic carbocycles. The number of carbonyl (C=O) groups is 1. The Balaban J connectivity index is 2.62. The first-order chi connectivity index (χ1) is 10.4. The second kappa shape index (κ2) is 5.17. The highest BCUT2D eigenvalue weighted by Gasteiger charge is 2.46. The van der Waals surface area contributed by atoms with Crippen molar-refractivity contribution in [1.29, 1.82) is 0 Å². The largest absolute Gasteiger partial charge is 0.438 e. The van der Waals surface area contributed by atoms with Crippen molar-refractivity contribution in [3.05, 3.63) is 47.5 Å². The van der Waals surface area contributed by atoms with Gasteiger partial charge in [-0.1, -0.05) is 6.08 Å². The molecule has 1 saturated heterocycles. The molecular formula is C14H11F6NO2. The van der Waals surface area contributed by atoms with E-state index in [-0.39, 0.29) is 6.07 Å². The zero-order valence-electron chi connectivity index (χ0n) is 11.7. The van der Waals surface area contributed by atoms with Gasteiger partial charge in [-0.15, -0.1) is 6.58 Å². The fourth-order valence-electron chi connectivity index (χ4n) is 2.25. The number of benzene rings is 1. The van der Waals surface area contributed by atoms with Crippen LogP contribution in [-0.4, -0.2) is 11.6 Å². The van der Waals surface area contributed by atoms with Crippen molar-refractivity contribution >= 4 is 6.09 Å². The van der Waals surface area contributed by atoms with E-state index >= 15 is 0 Å². The van der Waals surface area contributed by atoms with Crippen LogP contribution in [0.2, 0.25) is 0 Å². The number of hydrogen-bond acceptors (Lipinski definition) is 2. The van der Waals surface area contributed by atoms with Crippen molar-refractivity contribution in [2.45, 2.75) is 30.9 Å². The number of halogens is 6. The van der Waals surface area contributed by atoms with Gasteiger partial charge in [0, 0.05) is 0 Å². The number of rotatable bonds is 2. The van der Waals surface area contributed by atoms with E-state index in [0.717, 1.165) is 0 Å². The summed E-state index contributed by atoms with van der Waals surface area (Å²) in [7, 11) is 0. The molecule has 1 aliphatic rings. The molecule has 1 amide bonds. The van der Waals surface area contributed by atoms with E-state index in [1.807, 2.05) is 0 Å². The maximum absolute atomic E-state index is 12.9. The number of hydrogen-bond donors (Lipinski definition) is 1. The summed E-state index contributed by atoms with van der Waals surface area (Å²) in [6.45, 7) is 4.81. The minimum atomic E-state index is -4.98. The summed E-state index contributed by atoms with van der Waals surface area (Å²) < 4.78 is 82.0. The lowest BCUT2D eigenvalue weighted by Gasteiger charge is -2.26. The van der Waals surface area contributed by atoms with Gasteiger partial charge in [0.1, 0.15) is 0 Å². The zero-order chi connectivity index (χ0) is 17.6. The molecule has 1 heterocycles. The summed E-state index contributed by atoms with van der Waals surface area (Å²) in [6.07, 6.45) is -11.1. The Kier molecular flexibility index (Phi) is 3.86. The van der Waals surface area contributed by atoms with Crippen molar-refractivity contribution in [1.82, 2.24) is 5.32 Å². The molecule has 2 atom stereocenters. The van der Waals surface area contributed by atoms with Gasteiger partial charge in [0.15, 0.2) is 6.10 Å². The number of ether oxygens (including phenoxy) is 1. The highest BCUT2D eigenvalue weighted by atomic mass is 19.4. The Morgan fingerprint density at radius 1 is 1.13 bits per heavy atom. The number of cyclic esters (lactones) is 1. The fraction of sp³-hybridized carbons (Fsp3) is 0.357. The molecule has 0 spiro atoms. The second-order valence-corrected chi connectivity index (χ2v) is 5.24. The lowest BCUT2D eigenvalue weighted by atomic mass is 9.88. The predicted octanol–water partition coefficient (Wildman–Crippen LogP) is 4.45. The van der Waals surface area contributed by atoms with Crippen LogP contribution in [0.4, 0.5) is 31.1 Å². The molecule has 0 radical (unpaired) electrons. The van der Waals surface area contributed by atoms with Gasteiger partial charge in [0.25, 0.3) is 0 Å². The lowest BCUT2D eigenvalue weighted by molar-refractivity contribution is -0.143. The Bertz CT molecular complexity index is 619. The van der Waals surface area contributed by atoms with Crippen LogP contribution in [0.25, 0.3) is 0 Å². The first kappa shape index (κ1) is 17.2. The van der Waals surface area contributed by atoms with Crippen molar-refractivity contribution in [2.24, 2.45) is 0 Å². The topological polar surface area (TPSA) is 38.3 Å². The summed E-state index contributed by atoms with van der Waals surface area (Å²) in [6, 6.07) is 1.07. The maximum Gasteiger partial charge on any atom is 0.416 e. The number of alkyl halides is 6. The Morgan fingerprint density at radius 3 is 2.00 bits per heavy atom. The number of alkyl carbamates (subject to hydrolysis) is 1. The molecule has 0 aliphatic carbocycles. The number of carbonyl (C=O) groups excluding carboxylic acids is 1. The molecule has 9 heteroatoms. The van der Waals surface area contributed by atoms with Crippen LogP contribution in [0.3, 0.4) is 0 Å². The van der Waals surface area contributed by atoms with Crippen LogP contribution in [0, 0.1) is 0 Å². The molecule has 1 N–H and O–H groups in total. The molecule has 1 aromatic rings. The molecule has 0 bridgehead atoms. The number of nitrogens with one attached hydrogen (secondary N) is 1. The van der Waals surface area contributed by atoms with Crippen LogP contribution in [0.5, 0.6) is 0 Å². The maximum atomic E-state index is 12.9. The van der Waals surface area contributed by atoms with E-state index < -0.39 is 46.8 Å². The van der Waals surface area contributed by atoms with Gasteiger partial charge in [-0.05, 0) is 30.7 Å². The summed E-state index contributed by atoms with van der Waals surface area (Å²) in [5, 5.41) is 2.30. The Morgan fingerprint density at radius 2 is 1.61 bits per heavy atom. The van der Waals surface area contributed by atoms with Crippen molar-refractivity contribution in [2.75, 3.05) is 0 Å². The standard InChI is InChI=1S/C14H11F6NO2/c1-3-12(2)10(23-11(22)21-12)7-4-8(13(15,16)17)6-9(5-7)14(18,19)20/h3-6,10H,1H2,2H3,(H,21,22). The van der Waals surface area contributed by atoms with Crippen LogP contribution < -0.4 is 5.32 Å². The Hall–Kier alpha value is -2.19. The first-order valence-corrected chi connectivity index (χ1v) is 6.28. The average molecular weight is 339 g/mol. The van der Waals surface area contributed by atoms with Gasteiger partial charge in [0.05, 0.1) is 16.7 Å². The molecule has 1 fully saturated rings. The molecule has 1 aliphatic heterocycles. The van der Waals surface area contributed by atoms with Crippen molar-refractivity contribution in [3.8, 4) is 0 Å². The van der Waals surface area contributed by atoms with Gasteiger partial charge in [-0.25, -0.2) is 4.79 Å². The van der Waals surface area contributed by atoms with Crippen LogP contribution in [0.15, 0.2) is 30.9 Å². The van der Waals surface area contributed by atoms with Crippen LogP contribution >= 0.6 is 0 Å². The Labute approximate surface area is 126 Å². The third kappa shape index (κ3) is 3.27. The lowest BCUT2D eigenvalue weighted by Crippen LogP contribution is -2.39. The van der Waals surface area contributed by atoms with Gasteiger partial charge < -0.3 is 10.1 Å². The van der Waals surface area contributed by atoms with E-state index in [1.54, 1.807) is 0 Å². The highest BCUT2D eigenvalue weighted by Crippen LogP contribution is 2.41. The van der Waals surface area contributed by atoms with E-state index in [1.165, 1.54) is 13.0 Å². The second-order valence-electron chi connectivity index (χ2n) is 5.24. The molecular weight excluding hydrogens is 328 g/mol. The molecule has 126 valence electrons. The fourth-order valence-corrected chi connectivity index (χ4v) is 2.25. The van der Waals surface area contributed by atoms with E-state index in [2.05, 4.69) is 11.9 Å².